The van der Waals surface area contributed by atoms with Crippen molar-refractivity contribution in [3.8, 4) is 11.5 Å². The predicted octanol–water partition coefficient (Wildman–Crippen LogP) is 4.72. The first kappa shape index (κ1) is 14.8. The molecule has 0 unspecified atom stereocenters. The van der Waals surface area contributed by atoms with E-state index in [1.807, 2.05) is 0 Å². The van der Waals surface area contributed by atoms with Gasteiger partial charge in [-0.3, -0.25) is 0 Å². The Morgan fingerprint density at radius 2 is 1.95 bits per heavy atom. The van der Waals surface area contributed by atoms with E-state index in [9.17, 15) is 8.78 Å². The molecule has 0 amide bonds. The van der Waals surface area contributed by atoms with Crippen molar-refractivity contribution in [2.24, 2.45) is 0 Å². The van der Waals surface area contributed by atoms with Crippen molar-refractivity contribution in [3.63, 3.8) is 0 Å². The van der Waals surface area contributed by atoms with Crippen LogP contribution in [0.3, 0.4) is 0 Å². The predicted molar refractivity (Wildman–Crippen MR) is 79.0 cm³/mol. The molecule has 4 nitrogen and oxygen atoms in total. The monoisotopic (exact) mass is 323 g/mol. The van der Waals surface area contributed by atoms with Gasteiger partial charge in [-0.25, -0.2) is 13.8 Å². The lowest BCUT2D eigenvalue weighted by Crippen LogP contribution is -1.97. The summed E-state index contributed by atoms with van der Waals surface area (Å²) in [6.07, 6.45) is -1.29. The van der Waals surface area contributed by atoms with Crippen molar-refractivity contribution in [3.05, 3.63) is 40.1 Å². The Hall–Kier alpha value is -2.08. The summed E-state index contributed by atoms with van der Waals surface area (Å²) in [6, 6.07) is 2.70. The number of alkyl halides is 1. The summed E-state index contributed by atoms with van der Waals surface area (Å²) in [5.41, 5.74) is 1.37. The van der Waals surface area contributed by atoms with Gasteiger partial charge < -0.3 is 4.52 Å². The van der Waals surface area contributed by atoms with Crippen LogP contribution in [0.5, 0.6) is 0 Å². The van der Waals surface area contributed by atoms with Gasteiger partial charge in [0.2, 0.25) is 0 Å². The third-order valence-electron chi connectivity index (χ3n) is 3.48. The minimum atomic E-state index is -1.29. The molecule has 2 heterocycles. The fourth-order valence-electron chi connectivity index (χ4n) is 2.34. The maximum Gasteiger partial charge on any atom is 0.261 e. The quantitative estimate of drug-likeness (QED) is 0.640. The fourth-order valence-corrected chi connectivity index (χ4v) is 2.65. The zero-order valence-electron chi connectivity index (χ0n) is 12.1. The minimum absolute atomic E-state index is 0.0635. The number of aromatic nitrogens is 3. The van der Waals surface area contributed by atoms with Crippen LogP contribution in [-0.4, -0.2) is 15.1 Å². The van der Waals surface area contributed by atoms with Crippen LogP contribution in [-0.2, 0) is 0 Å². The van der Waals surface area contributed by atoms with Crippen LogP contribution in [0, 0.1) is 19.7 Å². The Bertz CT molecular complexity index is 877. The molecule has 1 aromatic carbocycles. The Kier molecular flexibility index (Phi) is 3.56. The third kappa shape index (κ3) is 2.33. The molecular formula is C15H12ClF2N3O. The zero-order chi connectivity index (χ0) is 16.0. The highest BCUT2D eigenvalue weighted by Gasteiger charge is 2.20. The molecule has 0 aliphatic carbocycles. The first-order chi connectivity index (χ1) is 10.4. The second-order valence-electron chi connectivity index (χ2n) is 5.06. The summed E-state index contributed by atoms with van der Waals surface area (Å²) < 4.78 is 32.8. The summed E-state index contributed by atoms with van der Waals surface area (Å²) in [4.78, 5) is 8.18. The smallest absolute Gasteiger partial charge is 0.261 e. The molecular weight excluding hydrogens is 312 g/mol. The van der Waals surface area contributed by atoms with Crippen molar-refractivity contribution in [2.75, 3.05) is 0 Å². The highest BCUT2D eigenvalue weighted by atomic mass is 35.5. The Morgan fingerprint density at radius 1 is 1.23 bits per heavy atom. The van der Waals surface area contributed by atoms with Crippen LogP contribution in [0.15, 0.2) is 16.7 Å². The molecule has 0 N–H and O–H groups in total. The largest absolute Gasteiger partial charge is 0.334 e. The molecule has 3 rings (SSSR count). The molecule has 0 fully saturated rings. The van der Waals surface area contributed by atoms with Crippen molar-refractivity contribution in [1.82, 2.24) is 15.1 Å². The van der Waals surface area contributed by atoms with E-state index in [2.05, 4.69) is 15.1 Å². The number of rotatable bonds is 2. The van der Waals surface area contributed by atoms with E-state index in [4.69, 9.17) is 16.1 Å². The first-order valence-corrected chi connectivity index (χ1v) is 7.00. The van der Waals surface area contributed by atoms with Crippen LogP contribution in [0.25, 0.3) is 22.4 Å². The van der Waals surface area contributed by atoms with Gasteiger partial charge in [-0.2, -0.15) is 4.98 Å². The third-order valence-corrected chi connectivity index (χ3v) is 3.76. The summed E-state index contributed by atoms with van der Waals surface area (Å²) in [5.74, 6) is 0.0339. The lowest BCUT2D eigenvalue weighted by atomic mass is 10.0. The molecule has 0 aliphatic heterocycles. The first-order valence-electron chi connectivity index (χ1n) is 6.62. The average molecular weight is 324 g/mol. The fraction of sp³-hybridized carbons (Fsp3) is 0.267. The molecule has 3 aromatic rings. The molecule has 0 radical (unpaired) electrons. The van der Waals surface area contributed by atoms with Crippen LogP contribution in [0.2, 0.25) is 5.15 Å². The van der Waals surface area contributed by atoms with E-state index < -0.39 is 12.0 Å². The molecule has 0 aliphatic rings. The molecule has 0 saturated heterocycles. The molecule has 1 atom stereocenters. The van der Waals surface area contributed by atoms with Gasteiger partial charge in [-0.05, 0) is 44.0 Å². The second kappa shape index (κ2) is 5.28. The van der Waals surface area contributed by atoms with Gasteiger partial charge in [0.1, 0.15) is 22.7 Å². The van der Waals surface area contributed by atoms with E-state index in [1.54, 1.807) is 19.9 Å². The standard InChI is InChI=1S/C15H12ClF2N3O/c1-6-10-4-9(7(2)17)5-11(18)13(10)20-14(16)12(6)15-19-8(3)21-22-15/h4-5,7H,1-3H3/t7-/m0/s1. The van der Waals surface area contributed by atoms with Crippen LogP contribution in [0.4, 0.5) is 8.78 Å². The highest BCUT2D eigenvalue weighted by Crippen LogP contribution is 2.35. The zero-order valence-corrected chi connectivity index (χ0v) is 12.9. The molecule has 22 heavy (non-hydrogen) atoms. The SMILES string of the molecule is Cc1noc(-c2c(Cl)nc3c(F)cc([C@H](C)F)cc3c2C)n1. The van der Waals surface area contributed by atoms with E-state index >= 15 is 0 Å². The molecule has 0 saturated carbocycles. The Labute approximate surface area is 130 Å². The molecule has 0 bridgehead atoms. The number of fused-ring (bicyclic) bond motifs is 1. The van der Waals surface area contributed by atoms with Crippen LogP contribution < -0.4 is 0 Å². The number of aryl methyl sites for hydroxylation is 2. The van der Waals surface area contributed by atoms with E-state index in [-0.39, 0.29) is 22.1 Å². The average Bonchev–Trinajstić information content (AvgIpc) is 2.86. The van der Waals surface area contributed by atoms with E-state index in [0.717, 1.165) is 6.07 Å². The molecule has 7 heteroatoms. The Balaban J connectivity index is 2.36. The number of halogens is 3. The van der Waals surface area contributed by atoms with Crippen molar-refractivity contribution >= 4 is 22.5 Å². The van der Waals surface area contributed by atoms with E-state index in [1.165, 1.54) is 6.92 Å². The maximum absolute atomic E-state index is 14.2. The van der Waals surface area contributed by atoms with Gasteiger partial charge in [0.25, 0.3) is 5.89 Å². The normalized spacial score (nSPS) is 12.8. The summed E-state index contributed by atoms with van der Waals surface area (Å²) in [7, 11) is 0. The molecule has 0 spiro atoms. The summed E-state index contributed by atoms with van der Waals surface area (Å²) in [6.45, 7) is 4.76. The van der Waals surface area contributed by atoms with Crippen molar-refractivity contribution < 1.29 is 13.3 Å². The van der Waals surface area contributed by atoms with Gasteiger partial charge in [-0.1, -0.05) is 16.8 Å². The maximum atomic E-state index is 14.2. The van der Waals surface area contributed by atoms with Gasteiger partial charge in [0.05, 0.1) is 5.56 Å². The minimum Gasteiger partial charge on any atom is -0.334 e. The Morgan fingerprint density at radius 3 is 2.55 bits per heavy atom. The number of hydrogen-bond acceptors (Lipinski definition) is 4. The lowest BCUT2D eigenvalue weighted by molar-refractivity contribution is 0.373. The van der Waals surface area contributed by atoms with Crippen LogP contribution >= 0.6 is 11.6 Å². The molecule has 114 valence electrons. The van der Waals surface area contributed by atoms with Gasteiger partial charge >= 0.3 is 0 Å². The van der Waals surface area contributed by atoms with Crippen molar-refractivity contribution in [1.29, 1.82) is 0 Å². The highest BCUT2D eigenvalue weighted by molar-refractivity contribution is 6.32. The second-order valence-corrected chi connectivity index (χ2v) is 5.42. The number of nitrogens with zero attached hydrogens (tertiary/aromatic N) is 3. The summed E-state index contributed by atoms with van der Waals surface area (Å²) in [5, 5.41) is 4.24. The molecule has 2 aromatic heterocycles. The lowest BCUT2D eigenvalue weighted by Gasteiger charge is -2.11. The number of pyridine rings is 1. The number of benzene rings is 1. The van der Waals surface area contributed by atoms with Gasteiger partial charge in [-0.15, -0.1) is 0 Å². The topological polar surface area (TPSA) is 51.8 Å². The van der Waals surface area contributed by atoms with Crippen LogP contribution in [0.1, 0.15) is 30.0 Å². The number of hydrogen-bond donors (Lipinski definition) is 0. The van der Waals surface area contributed by atoms with Gasteiger partial charge in [0, 0.05) is 5.39 Å². The van der Waals surface area contributed by atoms with E-state index in [0.29, 0.717) is 22.3 Å². The summed E-state index contributed by atoms with van der Waals surface area (Å²) >= 11 is 6.15. The van der Waals surface area contributed by atoms with Crippen molar-refractivity contribution in [2.45, 2.75) is 26.9 Å². The van der Waals surface area contributed by atoms with Gasteiger partial charge in [0.15, 0.2) is 5.82 Å².